The Balaban J connectivity index is 1.65. The van der Waals surface area contributed by atoms with E-state index in [0.717, 1.165) is 0 Å². The quantitative estimate of drug-likeness (QED) is 0.757. The predicted octanol–water partition coefficient (Wildman–Crippen LogP) is 0.160. The average molecular weight is 347 g/mol. The molecule has 2 fully saturated rings. The molecule has 25 heavy (non-hydrogen) atoms. The molecule has 1 saturated heterocycles. The van der Waals surface area contributed by atoms with E-state index in [1.54, 1.807) is 23.6 Å². The number of carboxylic acid groups (broad SMARTS) is 1. The number of pyridine rings is 1. The fraction of sp³-hybridized carbons (Fsp3) is 0.529. The molecule has 2 amide bonds. The number of carboxylic acids is 1. The second kappa shape index (κ2) is 5.72. The van der Waals surface area contributed by atoms with Crippen molar-refractivity contribution >= 4 is 17.8 Å². The fourth-order valence-electron chi connectivity index (χ4n) is 3.55. The van der Waals surface area contributed by atoms with Crippen molar-refractivity contribution in [2.45, 2.75) is 20.3 Å². The molecule has 8 heteroatoms. The average Bonchev–Trinajstić information content (AvgIpc) is 3.18. The van der Waals surface area contributed by atoms with Crippen molar-refractivity contribution in [1.29, 1.82) is 0 Å². The van der Waals surface area contributed by atoms with Crippen molar-refractivity contribution in [3.8, 4) is 0 Å². The zero-order valence-corrected chi connectivity index (χ0v) is 14.2. The van der Waals surface area contributed by atoms with Gasteiger partial charge in [0, 0.05) is 38.4 Å². The molecule has 0 spiro atoms. The summed E-state index contributed by atoms with van der Waals surface area (Å²) in [7, 11) is 0. The largest absolute Gasteiger partial charge is 0.480 e. The number of aromatic nitrogens is 1. The number of piperazine rings is 1. The standard InChI is InChI=1S/C17H21N3O5/c1-16(2)10-17(16,15(24)25)14(23)20-7-5-19(6-8-20)13(22)11-3-4-12(21)18-9-11/h3-4,9H,5-8,10H2,1-2H3,(H,18,21)(H,24,25). The van der Waals surface area contributed by atoms with E-state index in [2.05, 4.69) is 4.98 Å². The lowest BCUT2D eigenvalue weighted by Gasteiger charge is -2.36. The van der Waals surface area contributed by atoms with Gasteiger partial charge in [0.05, 0.1) is 5.56 Å². The van der Waals surface area contributed by atoms with Crippen LogP contribution in [0.15, 0.2) is 23.1 Å². The number of amides is 2. The fourth-order valence-corrected chi connectivity index (χ4v) is 3.55. The van der Waals surface area contributed by atoms with E-state index >= 15 is 0 Å². The maximum Gasteiger partial charge on any atom is 0.319 e. The highest BCUT2D eigenvalue weighted by molar-refractivity contribution is 6.06. The number of nitrogens with zero attached hydrogens (tertiary/aromatic N) is 2. The lowest BCUT2D eigenvalue weighted by atomic mass is 9.94. The van der Waals surface area contributed by atoms with Gasteiger partial charge in [-0.3, -0.25) is 19.2 Å². The van der Waals surface area contributed by atoms with Gasteiger partial charge in [0.25, 0.3) is 5.91 Å². The Morgan fingerprint density at radius 3 is 2.08 bits per heavy atom. The third-order valence-electron chi connectivity index (χ3n) is 5.35. The van der Waals surface area contributed by atoms with Gasteiger partial charge in [0.15, 0.2) is 5.41 Å². The highest BCUT2D eigenvalue weighted by Gasteiger charge is 2.72. The monoisotopic (exact) mass is 347 g/mol. The third-order valence-corrected chi connectivity index (χ3v) is 5.35. The summed E-state index contributed by atoms with van der Waals surface area (Å²) in [6, 6.07) is 2.75. The van der Waals surface area contributed by atoms with Crippen molar-refractivity contribution < 1.29 is 19.5 Å². The first kappa shape index (κ1) is 17.2. The second-order valence-corrected chi connectivity index (χ2v) is 7.30. The molecule has 1 aromatic heterocycles. The van der Waals surface area contributed by atoms with Crippen molar-refractivity contribution in [3.05, 3.63) is 34.2 Å². The smallest absolute Gasteiger partial charge is 0.319 e. The Bertz CT molecular complexity index is 771. The number of hydrogen-bond acceptors (Lipinski definition) is 4. The minimum Gasteiger partial charge on any atom is -0.480 e. The molecule has 134 valence electrons. The van der Waals surface area contributed by atoms with E-state index in [0.29, 0.717) is 38.2 Å². The van der Waals surface area contributed by atoms with Crippen molar-refractivity contribution in [3.63, 3.8) is 0 Å². The molecule has 8 nitrogen and oxygen atoms in total. The second-order valence-electron chi connectivity index (χ2n) is 7.30. The molecule has 1 saturated carbocycles. The summed E-state index contributed by atoms with van der Waals surface area (Å²) in [5.74, 6) is -1.65. The van der Waals surface area contributed by atoms with Gasteiger partial charge >= 0.3 is 5.97 Å². The molecule has 1 atom stereocenters. The molecule has 1 unspecified atom stereocenters. The first-order valence-electron chi connectivity index (χ1n) is 8.20. The number of nitrogens with one attached hydrogen (secondary N) is 1. The van der Waals surface area contributed by atoms with Gasteiger partial charge in [-0.2, -0.15) is 0 Å². The Morgan fingerprint density at radius 1 is 1.08 bits per heavy atom. The maximum absolute atomic E-state index is 12.7. The lowest BCUT2D eigenvalue weighted by molar-refractivity contribution is -0.156. The van der Waals surface area contributed by atoms with Crippen LogP contribution >= 0.6 is 0 Å². The van der Waals surface area contributed by atoms with Gasteiger partial charge in [0.1, 0.15) is 0 Å². The highest BCUT2D eigenvalue weighted by Crippen LogP contribution is 2.64. The minimum absolute atomic E-state index is 0.219. The SMILES string of the molecule is CC1(C)CC1(C(=O)O)C(=O)N1CCN(C(=O)c2ccc(=O)[nH]c2)CC1. The summed E-state index contributed by atoms with van der Waals surface area (Å²) in [6.07, 6.45) is 1.71. The number of carbonyl (C=O) groups is 3. The zero-order valence-electron chi connectivity index (χ0n) is 14.2. The van der Waals surface area contributed by atoms with Crippen molar-refractivity contribution in [1.82, 2.24) is 14.8 Å². The van der Waals surface area contributed by atoms with E-state index in [9.17, 15) is 24.3 Å². The van der Waals surface area contributed by atoms with E-state index in [1.807, 2.05) is 0 Å². The van der Waals surface area contributed by atoms with Gasteiger partial charge in [0.2, 0.25) is 11.5 Å². The summed E-state index contributed by atoms with van der Waals surface area (Å²) in [6.45, 7) is 4.85. The molecular weight excluding hydrogens is 326 g/mol. The van der Waals surface area contributed by atoms with Crippen molar-refractivity contribution in [2.75, 3.05) is 26.2 Å². The van der Waals surface area contributed by atoms with E-state index in [4.69, 9.17) is 0 Å². The molecule has 2 aliphatic rings. The summed E-state index contributed by atoms with van der Waals surface area (Å²) >= 11 is 0. The first-order chi connectivity index (χ1) is 11.7. The number of rotatable bonds is 3. The molecule has 0 radical (unpaired) electrons. The number of aliphatic carboxylic acids is 1. The van der Waals surface area contributed by atoms with Gasteiger partial charge in [-0.1, -0.05) is 13.8 Å². The summed E-state index contributed by atoms with van der Waals surface area (Å²) in [5.41, 5.74) is -1.78. The van der Waals surface area contributed by atoms with Crippen LogP contribution in [-0.2, 0) is 9.59 Å². The van der Waals surface area contributed by atoms with Crippen LogP contribution in [0, 0.1) is 10.8 Å². The molecule has 0 aromatic carbocycles. The van der Waals surface area contributed by atoms with Gasteiger partial charge in [-0.25, -0.2) is 0 Å². The van der Waals surface area contributed by atoms with E-state index in [-0.39, 0.29) is 17.4 Å². The number of hydrogen-bond donors (Lipinski definition) is 2. The van der Waals surface area contributed by atoms with E-state index < -0.39 is 16.8 Å². The van der Waals surface area contributed by atoms with Gasteiger partial charge in [-0.05, 0) is 17.9 Å². The predicted molar refractivity (Wildman–Crippen MR) is 88.0 cm³/mol. The molecule has 2 heterocycles. The Hall–Kier alpha value is -2.64. The number of H-pyrrole nitrogens is 1. The topological polar surface area (TPSA) is 111 Å². The van der Waals surface area contributed by atoms with Gasteiger partial charge < -0.3 is 19.9 Å². The summed E-state index contributed by atoms with van der Waals surface area (Å²) in [5, 5.41) is 9.51. The van der Waals surface area contributed by atoms with Crippen LogP contribution in [0.25, 0.3) is 0 Å². The lowest BCUT2D eigenvalue weighted by Crippen LogP contribution is -2.54. The first-order valence-corrected chi connectivity index (χ1v) is 8.20. The normalized spacial score (nSPS) is 24.7. The van der Waals surface area contributed by atoms with Gasteiger partial charge in [-0.15, -0.1) is 0 Å². The number of carbonyl (C=O) groups excluding carboxylic acids is 2. The van der Waals surface area contributed by atoms with Crippen LogP contribution in [0.3, 0.4) is 0 Å². The summed E-state index contributed by atoms with van der Waals surface area (Å²) in [4.78, 5) is 53.4. The molecule has 2 N–H and O–H groups in total. The van der Waals surface area contributed by atoms with Crippen molar-refractivity contribution in [2.24, 2.45) is 10.8 Å². The van der Waals surface area contributed by atoms with Crippen LogP contribution < -0.4 is 5.56 Å². The number of aromatic amines is 1. The van der Waals surface area contributed by atoms with Crippen LogP contribution in [0.4, 0.5) is 0 Å². The zero-order chi connectivity index (χ0) is 18.4. The molecular formula is C17H21N3O5. The Morgan fingerprint density at radius 2 is 1.64 bits per heavy atom. The van der Waals surface area contributed by atoms with E-state index in [1.165, 1.54) is 18.3 Å². The van der Waals surface area contributed by atoms with Crippen LogP contribution in [0.1, 0.15) is 30.6 Å². The van der Waals surface area contributed by atoms with Crippen LogP contribution in [-0.4, -0.2) is 63.9 Å². The Labute approximate surface area is 144 Å². The summed E-state index contributed by atoms with van der Waals surface area (Å²) < 4.78 is 0. The van der Waals surface area contributed by atoms with Crippen LogP contribution in [0.5, 0.6) is 0 Å². The molecule has 1 aliphatic heterocycles. The minimum atomic E-state index is -1.34. The highest BCUT2D eigenvalue weighted by atomic mass is 16.4. The maximum atomic E-state index is 12.7. The third kappa shape index (κ3) is 2.71. The molecule has 1 aliphatic carbocycles. The molecule has 1 aromatic rings. The Kier molecular flexibility index (Phi) is 3.93. The molecule has 0 bridgehead atoms. The van der Waals surface area contributed by atoms with Crippen LogP contribution in [0.2, 0.25) is 0 Å². The molecule has 3 rings (SSSR count).